The van der Waals surface area contributed by atoms with Crippen LogP contribution in [0.15, 0.2) is 12.3 Å². The highest BCUT2D eigenvalue weighted by molar-refractivity contribution is 7.84. The van der Waals surface area contributed by atoms with Gasteiger partial charge in [0.1, 0.15) is 5.60 Å². The van der Waals surface area contributed by atoms with Gasteiger partial charge in [-0.1, -0.05) is 0 Å². The maximum Gasteiger partial charge on any atom is 0.340 e. The van der Waals surface area contributed by atoms with Gasteiger partial charge in [0.25, 0.3) is 0 Å². The van der Waals surface area contributed by atoms with Crippen LogP contribution in [0, 0.1) is 0 Å². The Balaban J connectivity index is 2.89. The second-order valence-corrected chi connectivity index (χ2v) is 9.03. The van der Waals surface area contributed by atoms with Gasteiger partial charge in [0.2, 0.25) is 0 Å². The average Bonchev–Trinajstić information content (AvgIpc) is 2.73. The van der Waals surface area contributed by atoms with Crippen molar-refractivity contribution < 1.29 is 13.7 Å². The third kappa shape index (κ3) is 5.28. The van der Waals surface area contributed by atoms with Crippen molar-refractivity contribution in [2.45, 2.75) is 64.9 Å². The summed E-state index contributed by atoms with van der Waals surface area (Å²) >= 11 is 0. The first-order valence-electron chi connectivity index (χ1n) is 7.00. The van der Waals surface area contributed by atoms with Crippen LogP contribution in [-0.2, 0) is 15.7 Å². The molecule has 120 valence electrons. The number of H-pyrrole nitrogens is 1. The van der Waals surface area contributed by atoms with Gasteiger partial charge in [-0.3, -0.25) is 0 Å². The predicted octanol–water partition coefficient (Wildman–Crippen LogP) is 3.08. The van der Waals surface area contributed by atoms with Gasteiger partial charge in [-0.2, -0.15) is 0 Å². The molecular formula is C15H26N2O3S. The molecule has 0 aliphatic heterocycles. The zero-order valence-electron chi connectivity index (χ0n) is 13.9. The van der Waals surface area contributed by atoms with Crippen molar-refractivity contribution in [3.8, 4) is 0 Å². The molecule has 0 radical (unpaired) electrons. The average molecular weight is 314 g/mol. The number of carbonyl (C=O) groups is 1. The fourth-order valence-electron chi connectivity index (χ4n) is 1.65. The van der Waals surface area contributed by atoms with Crippen LogP contribution in [0.1, 0.15) is 70.6 Å². The lowest BCUT2D eigenvalue weighted by Gasteiger charge is -2.23. The van der Waals surface area contributed by atoms with Crippen LogP contribution in [0.5, 0.6) is 0 Å². The Bertz CT molecular complexity index is 524. The van der Waals surface area contributed by atoms with E-state index in [1.165, 1.54) is 0 Å². The first kappa shape index (κ1) is 17.9. The number of aromatic nitrogens is 1. The van der Waals surface area contributed by atoms with E-state index in [0.29, 0.717) is 11.3 Å². The number of aromatic amines is 1. The standard InChI is InChI=1S/C15H26N2O3S/c1-10(17-21(19)15(5,6)7)12-11(8-9-16-12)13(18)20-14(2,3)4/h8-10,16-17H,1-7H3. The van der Waals surface area contributed by atoms with Crippen molar-refractivity contribution in [3.05, 3.63) is 23.5 Å². The Labute approximate surface area is 129 Å². The fraction of sp³-hybridized carbons (Fsp3) is 0.667. The number of ether oxygens (including phenoxy) is 1. The largest absolute Gasteiger partial charge is 0.456 e. The Morgan fingerprint density at radius 2 is 1.86 bits per heavy atom. The highest BCUT2D eigenvalue weighted by atomic mass is 32.2. The van der Waals surface area contributed by atoms with Gasteiger partial charge in [-0.15, -0.1) is 0 Å². The molecule has 0 saturated heterocycles. The first-order valence-corrected chi connectivity index (χ1v) is 8.15. The van der Waals surface area contributed by atoms with Gasteiger partial charge in [0.05, 0.1) is 27.3 Å². The third-order valence-electron chi connectivity index (χ3n) is 2.67. The Kier molecular flexibility index (Phi) is 5.39. The zero-order valence-corrected chi connectivity index (χ0v) is 14.7. The van der Waals surface area contributed by atoms with Crippen molar-refractivity contribution in [1.29, 1.82) is 0 Å². The molecule has 0 amide bonds. The van der Waals surface area contributed by atoms with E-state index >= 15 is 0 Å². The Morgan fingerprint density at radius 3 is 2.33 bits per heavy atom. The third-order valence-corrected chi connectivity index (χ3v) is 4.35. The molecule has 2 N–H and O–H groups in total. The summed E-state index contributed by atoms with van der Waals surface area (Å²) in [5.41, 5.74) is 0.606. The summed E-state index contributed by atoms with van der Waals surface area (Å²) in [6.45, 7) is 13.0. The van der Waals surface area contributed by atoms with Gasteiger partial charge in [0, 0.05) is 11.9 Å². The fourth-order valence-corrected chi connectivity index (χ4v) is 2.44. The minimum absolute atomic E-state index is 0.248. The van der Waals surface area contributed by atoms with Gasteiger partial charge in [-0.05, 0) is 54.5 Å². The van der Waals surface area contributed by atoms with E-state index in [1.807, 2.05) is 48.5 Å². The molecule has 0 aromatic carbocycles. The lowest BCUT2D eigenvalue weighted by atomic mass is 10.1. The monoisotopic (exact) mass is 314 g/mol. The van der Waals surface area contributed by atoms with Crippen molar-refractivity contribution in [2.75, 3.05) is 0 Å². The van der Waals surface area contributed by atoms with Crippen LogP contribution in [0.3, 0.4) is 0 Å². The summed E-state index contributed by atoms with van der Waals surface area (Å²) in [5.74, 6) is -0.381. The second-order valence-electron chi connectivity index (χ2n) is 7.03. The van der Waals surface area contributed by atoms with Crippen molar-refractivity contribution in [2.24, 2.45) is 0 Å². The Morgan fingerprint density at radius 1 is 1.29 bits per heavy atom. The summed E-state index contributed by atoms with van der Waals surface area (Å²) < 4.78 is 20.2. The van der Waals surface area contributed by atoms with Crippen molar-refractivity contribution in [3.63, 3.8) is 0 Å². The molecule has 1 aromatic rings. The van der Waals surface area contributed by atoms with Crippen LogP contribution >= 0.6 is 0 Å². The van der Waals surface area contributed by atoms with Crippen LogP contribution in [0.25, 0.3) is 0 Å². The molecule has 21 heavy (non-hydrogen) atoms. The molecule has 2 atom stereocenters. The SMILES string of the molecule is CC(NS(=O)C(C)(C)C)c1[nH]ccc1C(=O)OC(C)(C)C. The van der Waals surface area contributed by atoms with E-state index in [1.54, 1.807) is 12.3 Å². The highest BCUT2D eigenvalue weighted by Gasteiger charge is 2.26. The maximum atomic E-state index is 12.2. The van der Waals surface area contributed by atoms with E-state index in [9.17, 15) is 9.00 Å². The predicted molar refractivity (Wildman–Crippen MR) is 85.4 cm³/mol. The van der Waals surface area contributed by atoms with Crippen LogP contribution in [0.2, 0.25) is 0 Å². The molecule has 1 aromatic heterocycles. The van der Waals surface area contributed by atoms with Crippen molar-refractivity contribution >= 4 is 17.0 Å². The molecular weight excluding hydrogens is 288 g/mol. The molecule has 0 fully saturated rings. The Hall–Kier alpha value is -1.14. The van der Waals surface area contributed by atoms with Gasteiger partial charge in [0.15, 0.2) is 0 Å². The van der Waals surface area contributed by atoms with E-state index < -0.39 is 16.6 Å². The van der Waals surface area contributed by atoms with E-state index in [2.05, 4.69) is 9.71 Å². The molecule has 1 rings (SSSR count). The zero-order chi connectivity index (χ0) is 16.4. The lowest BCUT2D eigenvalue weighted by Crippen LogP contribution is -2.35. The number of esters is 1. The maximum absolute atomic E-state index is 12.2. The molecule has 0 spiro atoms. The molecule has 2 unspecified atom stereocenters. The molecule has 1 heterocycles. The molecule has 0 bridgehead atoms. The summed E-state index contributed by atoms with van der Waals surface area (Å²) in [6, 6.07) is 1.43. The highest BCUT2D eigenvalue weighted by Crippen LogP contribution is 2.21. The molecule has 0 saturated carbocycles. The quantitative estimate of drug-likeness (QED) is 0.839. The summed E-state index contributed by atoms with van der Waals surface area (Å²) in [6.07, 6.45) is 1.69. The summed E-state index contributed by atoms with van der Waals surface area (Å²) in [7, 11) is -1.21. The smallest absolute Gasteiger partial charge is 0.340 e. The first-order chi connectivity index (χ1) is 9.42. The van der Waals surface area contributed by atoms with Gasteiger partial charge >= 0.3 is 5.97 Å². The van der Waals surface area contributed by atoms with E-state index in [0.717, 1.165) is 0 Å². The van der Waals surface area contributed by atoms with Crippen molar-refractivity contribution in [1.82, 2.24) is 9.71 Å². The van der Waals surface area contributed by atoms with Crippen LogP contribution in [-0.4, -0.2) is 25.5 Å². The number of hydrogen-bond acceptors (Lipinski definition) is 3. The lowest BCUT2D eigenvalue weighted by molar-refractivity contribution is 0.00679. The number of hydrogen-bond donors (Lipinski definition) is 2. The normalized spacial score (nSPS) is 15.6. The molecule has 0 aliphatic carbocycles. The summed E-state index contributed by atoms with van der Waals surface area (Å²) in [5, 5.41) is 0. The van der Waals surface area contributed by atoms with E-state index in [-0.39, 0.29) is 16.8 Å². The minimum atomic E-state index is -1.21. The van der Waals surface area contributed by atoms with E-state index in [4.69, 9.17) is 4.74 Å². The van der Waals surface area contributed by atoms with Gasteiger partial charge in [-0.25, -0.2) is 13.7 Å². The second kappa shape index (κ2) is 6.32. The number of rotatable bonds is 4. The molecule has 6 heteroatoms. The topological polar surface area (TPSA) is 71.2 Å². The van der Waals surface area contributed by atoms with Crippen LogP contribution < -0.4 is 4.72 Å². The molecule has 5 nitrogen and oxygen atoms in total. The summed E-state index contributed by atoms with van der Waals surface area (Å²) in [4.78, 5) is 15.2. The molecule has 0 aliphatic rings. The van der Waals surface area contributed by atoms with Gasteiger partial charge < -0.3 is 9.72 Å². The van der Waals surface area contributed by atoms with Crippen LogP contribution in [0.4, 0.5) is 0 Å². The number of carbonyl (C=O) groups excluding carboxylic acids is 1. The number of nitrogens with one attached hydrogen (secondary N) is 2. The minimum Gasteiger partial charge on any atom is -0.456 e.